The number of para-hydroxylation sites is 1. The summed E-state index contributed by atoms with van der Waals surface area (Å²) in [6, 6.07) is 12.9. The van der Waals surface area contributed by atoms with Crippen LogP contribution in [0.5, 0.6) is 0 Å². The number of nitrogens with one attached hydrogen (secondary N) is 1. The highest BCUT2D eigenvalue weighted by atomic mass is 32.2. The summed E-state index contributed by atoms with van der Waals surface area (Å²) in [4.78, 5) is 0.500. The van der Waals surface area contributed by atoms with E-state index in [2.05, 4.69) is 5.32 Å². The van der Waals surface area contributed by atoms with Gasteiger partial charge in [0.2, 0.25) is 0 Å². The number of halogens is 3. The topological polar surface area (TPSA) is 12.0 Å². The Balaban J connectivity index is 2.04. The first-order valence-corrected chi connectivity index (χ1v) is 6.55. The van der Waals surface area contributed by atoms with E-state index in [0.29, 0.717) is 28.9 Å². The van der Waals surface area contributed by atoms with E-state index < -0.39 is 5.76 Å². The molecule has 0 unspecified atom stereocenters. The lowest BCUT2D eigenvalue weighted by atomic mass is 10.2. The monoisotopic (exact) mass is 283 g/mol. The predicted molar refractivity (Wildman–Crippen MR) is 72.0 cm³/mol. The van der Waals surface area contributed by atoms with Gasteiger partial charge in [0, 0.05) is 17.1 Å². The SMILES string of the molecule is Fc1ccc(CNc2ccccc2SC(F)F)cc1. The van der Waals surface area contributed by atoms with Crippen LogP contribution in [-0.2, 0) is 6.54 Å². The largest absolute Gasteiger partial charge is 0.380 e. The second-order valence-corrected chi connectivity index (χ2v) is 4.89. The molecule has 0 spiro atoms. The van der Waals surface area contributed by atoms with Gasteiger partial charge in [0.25, 0.3) is 5.76 Å². The minimum atomic E-state index is -2.45. The summed E-state index contributed by atoms with van der Waals surface area (Å²) >= 11 is 0.507. The van der Waals surface area contributed by atoms with Crippen LogP contribution >= 0.6 is 11.8 Å². The average molecular weight is 283 g/mol. The van der Waals surface area contributed by atoms with E-state index in [1.54, 1.807) is 36.4 Å². The highest BCUT2D eigenvalue weighted by molar-refractivity contribution is 7.99. The Morgan fingerprint density at radius 2 is 1.68 bits per heavy atom. The number of thioether (sulfide) groups is 1. The van der Waals surface area contributed by atoms with Crippen molar-refractivity contribution in [1.29, 1.82) is 0 Å². The lowest BCUT2D eigenvalue weighted by molar-refractivity contribution is 0.252. The zero-order valence-corrected chi connectivity index (χ0v) is 10.8. The van der Waals surface area contributed by atoms with Gasteiger partial charge in [-0.3, -0.25) is 0 Å². The van der Waals surface area contributed by atoms with Crippen molar-refractivity contribution in [3.05, 3.63) is 59.9 Å². The van der Waals surface area contributed by atoms with Crippen LogP contribution in [0.2, 0.25) is 0 Å². The molecule has 0 aliphatic rings. The molecule has 2 aromatic carbocycles. The van der Waals surface area contributed by atoms with Gasteiger partial charge in [-0.25, -0.2) is 4.39 Å². The zero-order valence-electron chi connectivity index (χ0n) is 9.95. The van der Waals surface area contributed by atoms with Gasteiger partial charge < -0.3 is 5.32 Å². The lowest BCUT2D eigenvalue weighted by Crippen LogP contribution is -2.01. The van der Waals surface area contributed by atoms with Crippen LogP contribution in [0, 0.1) is 5.82 Å². The molecule has 0 saturated heterocycles. The third-order valence-corrected chi connectivity index (χ3v) is 3.29. The fourth-order valence-corrected chi connectivity index (χ4v) is 2.23. The highest BCUT2D eigenvalue weighted by Crippen LogP contribution is 2.31. The predicted octanol–water partition coefficient (Wildman–Crippen LogP) is 4.75. The number of hydrogen-bond donors (Lipinski definition) is 1. The molecule has 0 aliphatic carbocycles. The maximum absolute atomic E-state index is 12.8. The van der Waals surface area contributed by atoms with Crippen LogP contribution in [0.1, 0.15) is 5.56 Å². The van der Waals surface area contributed by atoms with E-state index in [1.807, 2.05) is 0 Å². The first-order valence-electron chi connectivity index (χ1n) is 5.67. The zero-order chi connectivity index (χ0) is 13.7. The van der Waals surface area contributed by atoms with Crippen molar-refractivity contribution in [2.24, 2.45) is 0 Å². The third kappa shape index (κ3) is 4.21. The Hall–Kier alpha value is -1.62. The summed E-state index contributed by atoms with van der Waals surface area (Å²) in [5.41, 5.74) is 1.54. The molecule has 0 radical (unpaired) electrons. The molecule has 0 amide bonds. The first kappa shape index (κ1) is 13.8. The summed E-state index contributed by atoms with van der Waals surface area (Å²) in [7, 11) is 0. The molecular weight excluding hydrogens is 271 g/mol. The molecule has 1 nitrogen and oxygen atoms in total. The minimum absolute atomic E-state index is 0.294. The number of alkyl halides is 2. The van der Waals surface area contributed by atoms with E-state index in [0.717, 1.165) is 5.56 Å². The van der Waals surface area contributed by atoms with Crippen LogP contribution in [0.3, 0.4) is 0 Å². The van der Waals surface area contributed by atoms with E-state index in [4.69, 9.17) is 0 Å². The molecule has 2 rings (SSSR count). The maximum atomic E-state index is 12.8. The summed E-state index contributed by atoms with van der Waals surface area (Å²) in [6.45, 7) is 0.459. The molecule has 5 heteroatoms. The molecule has 2 aromatic rings. The fraction of sp³-hybridized carbons (Fsp3) is 0.143. The van der Waals surface area contributed by atoms with Gasteiger partial charge in [0.05, 0.1) is 0 Å². The summed E-state index contributed by atoms with van der Waals surface area (Å²) in [6.07, 6.45) is 0. The first-order chi connectivity index (χ1) is 9.15. The number of rotatable bonds is 5. The summed E-state index contributed by atoms with van der Waals surface area (Å²) in [5.74, 6) is -2.74. The van der Waals surface area contributed by atoms with E-state index >= 15 is 0 Å². The van der Waals surface area contributed by atoms with Gasteiger partial charge in [0.1, 0.15) is 5.82 Å². The molecule has 1 N–H and O–H groups in total. The average Bonchev–Trinajstić information content (AvgIpc) is 2.39. The molecule has 0 aromatic heterocycles. The van der Waals surface area contributed by atoms with Gasteiger partial charge in [-0.1, -0.05) is 36.0 Å². The quantitative estimate of drug-likeness (QED) is 0.794. The second kappa shape index (κ2) is 6.52. The summed E-state index contributed by atoms with van der Waals surface area (Å²) < 4.78 is 37.6. The van der Waals surface area contributed by atoms with Gasteiger partial charge in [-0.15, -0.1) is 0 Å². The molecule has 0 atom stereocenters. The van der Waals surface area contributed by atoms with Crippen LogP contribution in [0.15, 0.2) is 53.4 Å². The number of benzene rings is 2. The normalized spacial score (nSPS) is 10.7. The van der Waals surface area contributed by atoms with Gasteiger partial charge in [-0.05, 0) is 29.8 Å². The van der Waals surface area contributed by atoms with Gasteiger partial charge in [0.15, 0.2) is 0 Å². The Morgan fingerprint density at radius 1 is 1.00 bits per heavy atom. The minimum Gasteiger partial charge on any atom is -0.380 e. The van der Waals surface area contributed by atoms with Crippen molar-refractivity contribution < 1.29 is 13.2 Å². The van der Waals surface area contributed by atoms with Crippen molar-refractivity contribution in [1.82, 2.24) is 0 Å². The molecule has 100 valence electrons. The van der Waals surface area contributed by atoms with Crippen LogP contribution in [0.25, 0.3) is 0 Å². The number of anilines is 1. The lowest BCUT2D eigenvalue weighted by Gasteiger charge is -2.11. The van der Waals surface area contributed by atoms with Crippen molar-refractivity contribution >= 4 is 17.4 Å². The Labute approximate surface area is 113 Å². The molecule has 0 aliphatic heterocycles. The van der Waals surface area contributed by atoms with E-state index in [1.165, 1.54) is 12.1 Å². The second-order valence-electron chi connectivity index (χ2n) is 3.85. The van der Waals surface area contributed by atoms with Crippen molar-refractivity contribution in [3.63, 3.8) is 0 Å². The molecule has 0 saturated carbocycles. The fourth-order valence-electron chi connectivity index (χ4n) is 1.61. The molecular formula is C14H12F3NS. The van der Waals surface area contributed by atoms with Crippen molar-refractivity contribution in [2.75, 3.05) is 5.32 Å². The van der Waals surface area contributed by atoms with Crippen molar-refractivity contribution in [2.45, 2.75) is 17.2 Å². The Morgan fingerprint density at radius 3 is 2.37 bits per heavy atom. The van der Waals surface area contributed by atoms with E-state index in [9.17, 15) is 13.2 Å². The third-order valence-electron chi connectivity index (χ3n) is 2.50. The maximum Gasteiger partial charge on any atom is 0.288 e. The molecule has 0 bridgehead atoms. The van der Waals surface area contributed by atoms with Gasteiger partial charge in [-0.2, -0.15) is 8.78 Å². The Kier molecular flexibility index (Phi) is 4.74. The van der Waals surface area contributed by atoms with Crippen LogP contribution in [0.4, 0.5) is 18.9 Å². The van der Waals surface area contributed by atoms with E-state index in [-0.39, 0.29) is 5.82 Å². The Bertz CT molecular complexity index is 528. The molecule has 0 heterocycles. The molecule has 19 heavy (non-hydrogen) atoms. The van der Waals surface area contributed by atoms with Crippen LogP contribution in [-0.4, -0.2) is 5.76 Å². The van der Waals surface area contributed by atoms with Crippen molar-refractivity contribution in [3.8, 4) is 0 Å². The smallest absolute Gasteiger partial charge is 0.288 e. The standard InChI is InChI=1S/C14H12F3NS/c15-11-7-5-10(6-8-11)9-18-12-3-1-2-4-13(12)19-14(16)17/h1-8,14,18H,9H2. The molecule has 0 fully saturated rings. The van der Waals surface area contributed by atoms with Crippen LogP contribution < -0.4 is 5.32 Å². The van der Waals surface area contributed by atoms with Gasteiger partial charge >= 0.3 is 0 Å². The number of hydrogen-bond acceptors (Lipinski definition) is 2. The summed E-state index contributed by atoms with van der Waals surface area (Å²) in [5, 5.41) is 3.08. The highest BCUT2D eigenvalue weighted by Gasteiger charge is 2.09.